The van der Waals surface area contributed by atoms with Gasteiger partial charge in [-0.25, -0.2) is 0 Å². The monoisotopic (exact) mass is 268 g/mol. The van der Waals surface area contributed by atoms with Crippen molar-refractivity contribution in [3.8, 4) is 0 Å². The summed E-state index contributed by atoms with van der Waals surface area (Å²) in [4.78, 5) is 36.9. The van der Waals surface area contributed by atoms with Crippen molar-refractivity contribution in [3.63, 3.8) is 0 Å². The second-order valence-corrected chi connectivity index (χ2v) is 5.39. The number of hydrogen-bond donors (Lipinski definition) is 3. The van der Waals surface area contributed by atoms with Gasteiger partial charge in [0.15, 0.2) is 5.84 Å². The summed E-state index contributed by atoms with van der Waals surface area (Å²) in [6.45, 7) is 2.89. The molecule has 2 fully saturated rings. The van der Waals surface area contributed by atoms with Crippen LogP contribution >= 0.6 is 0 Å². The average Bonchev–Trinajstić information content (AvgIpc) is 3.13. The van der Waals surface area contributed by atoms with Crippen LogP contribution in [0.5, 0.6) is 0 Å². The fourth-order valence-corrected chi connectivity index (χ4v) is 2.17. The molecule has 2 rings (SSSR count). The van der Waals surface area contributed by atoms with Crippen LogP contribution < -0.4 is 11.1 Å². The number of carbonyl (C=O) groups is 3. The topological polar surface area (TPSA) is 125 Å². The SMILES string of the molecule is CC1(C)C(=O)NC(=O)CN1C(=O)C1(C(N)=NO)CC1. The Morgan fingerprint density at radius 3 is 2.47 bits per heavy atom. The number of hydrogen-bond acceptors (Lipinski definition) is 5. The number of nitrogens with two attached hydrogens (primary N) is 1. The highest BCUT2D eigenvalue weighted by molar-refractivity contribution is 6.13. The molecule has 0 aromatic carbocycles. The van der Waals surface area contributed by atoms with E-state index in [9.17, 15) is 14.4 Å². The first-order valence-corrected chi connectivity index (χ1v) is 5.90. The van der Waals surface area contributed by atoms with Gasteiger partial charge in [-0.15, -0.1) is 0 Å². The maximum absolute atomic E-state index is 12.5. The molecule has 1 heterocycles. The molecule has 1 saturated heterocycles. The summed E-state index contributed by atoms with van der Waals surface area (Å²) in [5, 5.41) is 13.8. The number of nitrogens with zero attached hydrogens (tertiary/aromatic N) is 2. The highest BCUT2D eigenvalue weighted by Crippen LogP contribution is 2.48. The third-order valence-corrected chi connectivity index (χ3v) is 3.79. The van der Waals surface area contributed by atoms with E-state index in [4.69, 9.17) is 10.9 Å². The van der Waals surface area contributed by atoms with Gasteiger partial charge in [-0.05, 0) is 26.7 Å². The molecule has 4 N–H and O–H groups in total. The second kappa shape index (κ2) is 3.94. The molecule has 0 bridgehead atoms. The number of piperazine rings is 1. The van der Waals surface area contributed by atoms with Gasteiger partial charge in [0.2, 0.25) is 11.8 Å². The van der Waals surface area contributed by atoms with E-state index in [2.05, 4.69) is 10.5 Å². The van der Waals surface area contributed by atoms with E-state index in [1.54, 1.807) is 13.8 Å². The number of oxime groups is 1. The van der Waals surface area contributed by atoms with Crippen LogP contribution in [0.4, 0.5) is 0 Å². The van der Waals surface area contributed by atoms with Crippen molar-refractivity contribution >= 4 is 23.6 Å². The Balaban J connectivity index is 2.33. The first kappa shape index (κ1) is 13.3. The fourth-order valence-electron chi connectivity index (χ4n) is 2.17. The van der Waals surface area contributed by atoms with Gasteiger partial charge in [-0.3, -0.25) is 19.7 Å². The van der Waals surface area contributed by atoms with Gasteiger partial charge in [0, 0.05) is 0 Å². The standard InChI is InChI=1S/C11H16N4O4/c1-10(2)8(17)13-6(16)5-15(10)9(18)11(3-4-11)7(12)14-19/h19H,3-5H2,1-2H3,(H2,12,14)(H,13,16,17). The van der Waals surface area contributed by atoms with Crippen LogP contribution in [0.3, 0.4) is 0 Å². The summed E-state index contributed by atoms with van der Waals surface area (Å²) in [5.41, 5.74) is 3.34. The molecule has 1 aliphatic carbocycles. The molecule has 0 radical (unpaired) electrons. The number of carbonyl (C=O) groups excluding carboxylic acids is 3. The van der Waals surface area contributed by atoms with Crippen molar-refractivity contribution in [2.75, 3.05) is 6.54 Å². The zero-order valence-corrected chi connectivity index (χ0v) is 10.8. The molecule has 8 nitrogen and oxygen atoms in total. The lowest BCUT2D eigenvalue weighted by molar-refractivity contribution is -0.157. The first-order valence-electron chi connectivity index (χ1n) is 5.90. The minimum atomic E-state index is -1.14. The van der Waals surface area contributed by atoms with Crippen LogP contribution in [0.15, 0.2) is 5.16 Å². The minimum Gasteiger partial charge on any atom is -0.409 e. The van der Waals surface area contributed by atoms with E-state index in [0.29, 0.717) is 12.8 Å². The molecule has 0 spiro atoms. The predicted octanol–water partition coefficient (Wildman–Crippen LogP) is -1.22. The normalized spacial score (nSPS) is 24.9. The number of imide groups is 1. The second-order valence-electron chi connectivity index (χ2n) is 5.39. The molecule has 1 aliphatic heterocycles. The van der Waals surface area contributed by atoms with Gasteiger partial charge >= 0.3 is 0 Å². The molecule has 19 heavy (non-hydrogen) atoms. The van der Waals surface area contributed by atoms with Crippen LogP contribution in [-0.2, 0) is 14.4 Å². The van der Waals surface area contributed by atoms with Gasteiger partial charge in [-0.1, -0.05) is 5.16 Å². The predicted molar refractivity (Wildman–Crippen MR) is 64.0 cm³/mol. The summed E-state index contributed by atoms with van der Waals surface area (Å²) >= 11 is 0. The Labute approximate surface area is 109 Å². The van der Waals surface area contributed by atoms with Gasteiger partial charge < -0.3 is 15.8 Å². The Hall–Kier alpha value is -2.12. The summed E-state index contributed by atoms with van der Waals surface area (Å²) in [5.74, 6) is -1.69. The number of rotatable bonds is 2. The lowest BCUT2D eigenvalue weighted by Crippen LogP contribution is -2.67. The zero-order valence-electron chi connectivity index (χ0n) is 10.8. The van der Waals surface area contributed by atoms with Gasteiger partial charge in [0.1, 0.15) is 17.5 Å². The first-order chi connectivity index (χ1) is 8.75. The molecule has 0 unspecified atom stereocenters. The van der Waals surface area contributed by atoms with E-state index in [1.807, 2.05) is 0 Å². The Morgan fingerprint density at radius 2 is 2.00 bits per heavy atom. The maximum Gasteiger partial charge on any atom is 0.252 e. The van der Waals surface area contributed by atoms with E-state index in [1.165, 1.54) is 4.90 Å². The van der Waals surface area contributed by atoms with E-state index in [-0.39, 0.29) is 12.4 Å². The Kier molecular flexibility index (Phi) is 2.76. The maximum atomic E-state index is 12.5. The zero-order chi connectivity index (χ0) is 14.4. The highest BCUT2D eigenvalue weighted by Gasteiger charge is 2.59. The molecule has 104 valence electrons. The summed E-state index contributed by atoms with van der Waals surface area (Å²) in [7, 11) is 0. The number of amides is 3. The lowest BCUT2D eigenvalue weighted by Gasteiger charge is -2.41. The largest absolute Gasteiger partial charge is 0.409 e. The molecule has 2 aliphatic rings. The number of amidine groups is 1. The van der Waals surface area contributed by atoms with Gasteiger partial charge in [-0.2, -0.15) is 0 Å². The van der Waals surface area contributed by atoms with Crippen molar-refractivity contribution in [2.24, 2.45) is 16.3 Å². The molecule has 0 aromatic rings. The molecule has 1 saturated carbocycles. The van der Waals surface area contributed by atoms with E-state index < -0.39 is 28.7 Å². The molecule has 0 aromatic heterocycles. The van der Waals surface area contributed by atoms with Crippen LogP contribution in [-0.4, -0.2) is 45.7 Å². The van der Waals surface area contributed by atoms with Crippen molar-refractivity contribution in [1.82, 2.24) is 10.2 Å². The molecule has 8 heteroatoms. The summed E-state index contributed by atoms with van der Waals surface area (Å²) < 4.78 is 0. The molecule has 0 atom stereocenters. The highest BCUT2D eigenvalue weighted by atomic mass is 16.4. The Bertz CT molecular complexity index is 493. The van der Waals surface area contributed by atoms with Crippen molar-refractivity contribution in [2.45, 2.75) is 32.2 Å². The van der Waals surface area contributed by atoms with E-state index >= 15 is 0 Å². The molecular formula is C11H16N4O4. The molecular weight excluding hydrogens is 252 g/mol. The summed E-state index contributed by atoms with van der Waals surface area (Å²) in [6.07, 6.45) is 0.897. The van der Waals surface area contributed by atoms with Gasteiger partial charge in [0.25, 0.3) is 5.91 Å². The van der Waals surface area contributed by atoms with Crippen molar-refractivity contribution in [1.29, 1.82) is 0 Å². The lowest BCUT2D eigenvalue weighted by atomic mass is 9.94. The van der Waals surface area contributed by atoms with Crippen molar-refractivity contribution < 1.29 is 19.6 Å². The van der Waals surface area contributed by atoms with Crippen LogP contribution in [0.1, 0.15) is 26.7 Å². The van der Waals surface area contributed by atoms with Crippen LogP contribution in [0.2, 0.25) is 0 Å². The van der Waals surface area contributed by atoms with E-state index in [0.717, 1.165) is 0 Å². The quantitative estimate of drug-likeness (QED) is 0.190. The fraction of sp³-hybridized carbons (Fsp3) is 0.636. The third kappa shape index (κ3) is 1.83. The molecule has 3 amide bonds. The van der Waals surface area contributed by atoms with Crippen molar-refractivity contribution in [3.05, 3.63) is 0 Å². The Morgan fingerprint density at radius 1 is 1.42 bits per heavy atom. The van der Waals surface area contributed by atoms with Gasteiger partial charge in [0.05, 0.1) is 0 Å². The minimum absolute atomic E-state index is 0.174. The van der Waals surface area contributed by atoms with Crippen LogP contribution in [0.25, 0.3) is 0 Å². The average molecular weight is 268 g/mol. The number of nitrogens with one attached hydrogen (secondary N) is 1. The van der Waals surface area contributed by atoms with Crippen LogP contribution in [0, 0.1) is 5.41 Å². The summed E-state index contributed by atoms with van der Waals surface area (Å²) in [6, 6.07) is 0. The third-order valence-electron chi connectivity index (χ3n) is 3.79. The smallest absolute Gasteiger partial charge is 0.252 e.